The Hall–Kier alpha value is -1.62. The van der Waals surface area contributed by atoms with E-state index in [0.717, 1.165) is 30.2 Å². The van der Waals surface area contributed by atoms with Gasteiger partial charge in [0.25, 0.3) is 0 Å². The average Bonchev–Trinajstić information content (AvgIpc) is 2.86. The molecule has 2 heterocycles. The van der Waals surface area contributed by atoms with Crippen LogP contribution in [0.2, 0.25) is 0 Å². The predicted molar refractivity (Wildman–Crippen MR) is 67.3 cm³/mol. The van der Waals surface area contributed by atoms with Crippen LogP contribution in [0.3, 0.4) is 0 Å². The number of aromatic nitrogens is 4. The second-order valence-electron chi connectivity index (χ2n) is 4.67. The molecule has 92 valence electrons. The van der Waals surface area contributed by atoms with Gasteiger partial charge in [-0.05, 0) is 12.5 Å². The molecule has 0 atom stereocenters. The Labute approximate surface area is 101 Å². The first kappa shape index (κ1) is 11.9. The van der Waals surface area contributed by atoms with Gasteiger partial charge in [-0.3, -0.25) is 4.68 Å². The van der Waals surface area contributed by atoms with Gasteiger partial charge in [0, 0.05) is 18.8 Å². The first-order chi connectivity index (χ1) is 8.15. The smallest absolute Gasteiger partial charge is 0.120 e. The van der Waals surface area contributed by atoms with Gasteiger partial charge in [0.1, 0.15) is 5.82 Å². The third-order valence-electron chi connectivity index (χ3n) is 2.49. The molecule has 0 aliphatic heterocycles. The van der Waals surface area contributed by atoms with Crippen LogP contribution < -0.4 is 5.32 Å². The highest BCUT2D eigenvalue weighted by atomic mass is 15.2. The van der Waals surface area contributed by atoms with Gasteiger partial charge in [0.05, 0.1) is 24.6 Å². The zero-order valence-corrected chi connectivity index (χ0v) is 10.6. The number of aromatic amines is 1. The van der Waals surface area contributed by atoms with E-state index in [-0.39, 0.29) is 0 Å². The third-order valence-corrected chi connectivity index (χ3v) is 2.49. The fourth-order valence-corrected chi connectivity index (χ4v) is 1.64. The molecule has 0 radical (unpaired) electrons. The molecule has 0 spiro atoms. The Morgan fingerprint density at radius 2 is 2.24 bits per heavy atom. The zero-order chi connectivity index (χ0) is 12.3. The van der Waals surface area contributed by atoms with Crippen molar-refractivity contribution in [2.24, 2.45) is 13.0 Å². The molecule has 5 nitrogen and oxygen atoms in total. The summed E-state index contributed by atoms with van der Waals surface area (Å²) in [6, 6.07) is 0. The number of rotatable bonds is 5. The van der Waals surface area contributed by atoms with E-state index >= 15 is 0 Å². The molecule has 0 fully saturated rings. The van der Waals surface area contributed by atoms with Crippen molar-refractivity contribution in [3.63, 3.8) is 0 Å². The number of H-pyrrole nitrogens is 1. The van der Waals surface area contributed by atoms with Crippen LogP contribution >= 0.6 is 0 Å². The Morgan fingerprint density at radius 1 is 1.41 bits per heavy atom. The molecule has 0 bridgehead atoms. The lowest BCUT2D eigenvalue weighted by Gasteiger charge is -2.04. The first-order valence-electron chi connectivity index (χ1n) is 5.89. The average molecular weight is 233 g/mol. The van der Waals surface area contributed by atoms with Crippen molar-refractivity contribution in [3.8, 4) is 11.3 Å². The number of hydrogen-bond donors (Lipinski definition) is 2. The fraction of sp³-hybridized carbons (Fsp3) is 0.500. The maximum atomic E-state index is 4.34. The van der Waals surface area contributed by atoms with Crippen molar-refractivity contribution in [3.05, 3.63) is 24.4 Å². The molecule has 0 saturated heterocycles. The minimum Gasteiger partial charge on any atom is -0.341 e. The van der Waals surface area contributed by atoms with E-state index in [4.69, 9.17) is 0 Å². The first-order valence-corrected chi connectivity index (χ1v) is 5.89. The molecule has 5 heteroatoms. The summed E-state index contributed by atoms with van der Waals surface area (Å²) in [5.74, 6) is 1.62. The molecule has 0 unspecified atom stereocenters. The molecular weight excluding hydrogens is 214 g/mol. The van der Waals surface area contributed by atoms with E-state index in [1.165, 1.54) is 0 Å². The molecule has 2 N–H and O–H groups in total. The summed E-state index contributed by atoms with van der Waals surface area (Å²) in [4.78, 5) is 7.63. The summed E-state index contributed by atoms with van der Waals surface area (Å²) < 4.78 is 1.78. The van der Waals surface area contributed by atoms with Gasteiger partial charge in [-0.1, -0.05) is 13.8 Å². The maximum absolute atomic E-state index is 4.34. The number of nitrogens with zero attached hydrogens (tertiary/aromatic N) is 3. The number of hydrogen-bond acceptors (Lipinski definition) is 3. The molecule has 0 aliphatic rings. The van der Waals surface area contributed by atoms with E-state index in [1.807, 2.05) is 25.6 Å². The van der Waals surface area contributed by atoms with Crippen LogP contribution in [-0.2, 0) is 13.6 Å². The highest BCUT2D eigenvalue weighted by Gasteiger charge is 2.04. The van der Waals surface area contributed by atoms with Crippen molar-refractivity contribution < 1.29 is 0 Å². The molecule has 17 heavy (non-hydrogen) atoms. The summed E-state index contributed by atoms with van der Waals surface area (Å²) in [6.07, 6.45) is 5.65. The molecule has 2 rings (SSSR count). The monoisotopic (exact) mass is 233 g/mol. The van der Waals surface area contributed by atoms with Crippen LogP contribution in [0.15, 0.2) is 18.6 Å². The second kappa shape index (κ2) is 5.14. The summed E-state index contributed by atoms with van der Waals surface area (Å²) in [7, 11) is 1.91. The SMILES string of the molecule is CC(C)CNCc1ncc(-c2cnn(C)c2)[nH]1. The molecule has 0 saturated carbocycles. The largest absolute Gasteiger partial charge is 0.341 e. The van der Waals surface area contributed by atoms with Gasteiger partial charge in [-0.2, -0.15) is 5.10 Å². The predicted octanol–water partition coefficient (Wildman–Crippen LogP) is 1.56. The van der Waals surface area contributed by atoms with E-state index in [2.05, 4.69) is 34.2 Å². The zero-order valence-electron chi connectivity index (χ0n) is 10.6. The lowest BCUT2D eigenvalue weighted by Crippen LogP contribution is -2.19. The second-order valence-corrected chi connectivity index (χ2v) is 4.67. The Balaban J connectivity index is 1.96. The van der Waals surface area contributed by atoms with E-state index in [0.29, 0.717) is 5.92 Å². The van der Waals surface area contributed by atoms with Crippen LogP contribution in [0.25, 0.3) is 11.3 Å². The van der Waals surface area contributed by atoms with Gasteiger partial charge in [0.15, 0.2) is 0 Å². The van der Waals surface area contributed by atoms with Gasteiger partial charge in [0.2, 0.25) is 0 Å². The van der Waals surface area contributed by atoms with Gasteiger partial charge in [-0.25, -0.2) is 4.98 Å². The number of imidazole rings is 1. The van der Waals surface area contributed by atoms with Gasteiger partial charge < -0.3 is 10.3 Å². The molecular formula is C12H19N5. The quantitative estimate of drug-likeness (QED) is 0.824. The van der Waals surface area contributed by atoms with Crippen LogP contribution in [0.4, 0.5) is 0 Å². The van der Waals surface area contributed by atoms with Crippen LogP contribution in [0, 0.1) is 5.92 Å². The van der Waals surface area contributed by atoms with Gasteiger partial charge in [-0.15, -0.1) is 0 Å². The lowest BCUT2D eigenvalue weighted by molar-refractivity contribution is 0.545. The van der Waals surface area contributed by atoms with Crippen molar-refractivity contribution >= 4 is 0 Å². The normalized spacial score (nSPS) is 11.3. The third kappa shape index (κ3) is 3.17. The minimum atomic E-state index is 0.655. The van der Waals surface area contributed by atoms with Crippen LogP contribution in [0.1, 0.15) is 19.7 Å². The Morgan fingerprint density at radius 3 is 2.88 bits per heavy atom. The van der Waals surface area contributed by atoms with E-state index in [1.54, 1.807) is 4.68 Å². The van der Waals surface area contributed by atoms with Crippen LogP contribution in [-0.4, -0.2) is 26.3 Å². The maximum Gasteiger partial charge on any atom is 0.120 e. The molecule has 2 aromatic rings. The highest BCUT2D eigenvalue weighted by molar-refractivity contribution is 5.55. The van der Waals surface area contributed by atoms with E-state index < -0.39 is 0 Å². The standard InChI is InChI=1S/C12H19N5/c1-9(2)4-13-7-12-14-6-11(16-12)10-5-15-17(3)8-10/h5-6,8-9,13H,4,7H2,1-3H3,(H,14,16). The van der Waals surface area contributed by atoms with Crippen molar-refractivity contribution in [2.45, 2.75) is 20.4 Å². The van der Waals surface area contributed by atoms with Crippen LogP contribution in [0.5, 0.6) is 0 Å². The van der Waals surface area contributed by atoms with Crippen molar-refractivity contribution in [1.82, 2.24) is 25.1 Å². The summed E-state index contributed by atoms with van der Waals surface area (Å²) in [5.41, 5.74) is 2.08. The summed E-state index contributed by atoms with van der Waals surface area (Å²) >= 11 is 0. The fourth-order valence-electron chi connectivity index (χ4n) is 1.64. The number of aryl methyl sites for hydroxylation is 1. The summed E-state index contributed by atoms with van der Waals surface area (Å²) in [6.45, 7) is 6.16. The topological polar surface area (TPSA) is 58.5 Å². The Bertz CT molecular complexity index is 469. The lowest BCUT2D eigenvalue weighted by atomic mass is 10.2. The molecule has 0 aliphatic carbocycles. The molecule has 2 aromatic heterocycles. The van der Waals surface area contributed by atoms with Gasteiger partial charge >= 0.3 is 0 Å². The van der Waals surface area contributed by atoms with Crippen molar-refractivity contribution in [1.29, 1.82) is 0 Å². The Kier molecular flexibility index (Phi) is 3.58. The highest BCUT2D eigenvalue weighted by Crippen LogP contribution is 2.15. The van der Waals surface area contributed by atoms with Crippen molar-refractivity contribution in [2.75, 3.05) is 6.54 Å². The summed E-state index contributed by atoms with van der Waals surface area (Å²) in [5, 5.41) is 7.50. The number of nitrogens with one attached hydrogen (secondary N) is 2. The molecule has 0 amide bonds. The minimum absolute atomic E-state index is 0.655. The van der Waals surface area contributed by atoms with E-state index in [9.17, 15) is 0 Å². The molecule has 0 aromatic carbocycles.